The monoisotopic (exact) mass is 320 g/mol. The molecular formula is C15H10F2N2O4. The van der Waals surface area contributed by atoms with E-state index in [2.05, 4.69) is 19.7 Å². The number of ether oxygens (including phenoxy) is 2. The Balaban J connectivity index is 1.65. The summed E-state index contributed by atoms with van der Waals surface area (Å²) in [5.41, 5.74) is 0.531. The average molecular weight is 320 g/mol. The maximum absolute atomic E-state index is 12.9. The number of ketones is 2. The van der Waals surface area contributed by atoms with E-state index in [-0.39, 0.29) is 41.5 Å². The van der Waals surface area contributed by atoms with Gasteiger partial charge in [0.2, 0.25) is 0 Å². The molecular weight excluding hydrogens is 310 g/mol. The minimum absolute atomic E-state index is 0.0187. The molecule has 23 heavy (non-hydrogen) atoms. The van der Waals surface area contributed by atoms with E-state index in [0.717, 1.165) is 0 Å². The highest BCUT2D eigenvalue weighted by Gasteiger charge is 2.43. The number of fused-ring (bicyclic) bond motifs is 1. The van der Waals surface area contributed by atoms with Gasteiger partial charge in [-0.1, -0.05) is 0 Å². The topological polar surface area (TPSA) is 78.4 Å². The predicted molar refractivity (Wildman–Crippen MR) is 72.6 cm³/mol. The predicted octanol–water partition coefficient (Wildman–Crippen LogP) is 2.64. The summed E-state index contributed by atoms with van der Waals surface area (Å²) < 4.78 is 34.4. The molecule has 0 saturated carbocycles. The lowest BCUT2D eigenvalue weighted by molar-refractivity contribution is -0.286. The average Bonchev–Trinajstić information content (AvgIpc) is 2.85. The number of benzene rings is 1. The fourth-order valence-electron chi connectivity index (χ4n) is 2.09. The number of nitrogens with zero attached hydrogens (tertiary/aromatic N) is 2. The summed E-state index contributed by atoms with van der Waals surface area (Å²) in [6, 6.07) is 5.27. The molecule has 0 bridgehead atoms. The largest absolute Gasteiger partial charge is 0.586 e. The van der Waals surface area contributed by atoms with Crippen LogP contribution in [0.1, 0.15) is 33.6 Å². The highest BCUT2D eigenvalue weighted by atomic mass is 19.3. The first-order valence-electron chi connectivity index (χ1n) is 6.67. The molecule has 0 N–H and O–H groups in total. The SMILES string of the molecule is O=C(CCC(=O)c1ccc2c(c1)OC(F)(F)O2)c1ccnnc1. The quantitative estimate of drug-likeness (QED) is 0.788. The van der Waals surface area contributed by atoms with Gasteiger partial charge in [0.15, 0.2) is 23.1 Å². The molecule has 1 aliphatic rings. The van der Waals surface area contributed by atoms with Gasteiger partial charge in [0.1, 0.15) is 0 Å². The number of carbonyl (C=O) groups is 2. The van der Waals surface area contributed by atoms with Gasteiger partial charge < -0.3 is 9.47 Å². The van der Waals surface area contributed by atoms with E-state index in [9.17, 15) is 18.4 Å². The van der Waals surface area contributed by atoms with Gasteiger partial charge in [0, 0.05) is 24.0 Å². The van der Waals surface area contributed by atoms with Gasteiger partial charge in [0.05, 0.1) is 12.4 Å². The van der Waals surface area contributed by atoms with Crippen LogP contribution in [0.4, 0.5) is 8.78 Å². The first-order valence-corrected chi connectivity index (χ1v) is 6.67. The summed E-state index contributed by atoms with van der Waals surface area (Å²) >= 11 is 0. The Morgan fingerprint density at radius 3 is 2.35 bits per heavy atom. The Morgan fingerprint density at radius 2 is 1.65 bits per heavy atom. The Morgan fingerprint density at radius 1 is 0.957 bits per heavy atom. The van der Waals surface area contributed by atoms with Gasteiger partial charge in [-0.25, -0.2) is 0 Å². The summed E-state index contributed by atoms with van der Waals surface area (Å²) in [5.74, 6) is -0.946. The van der Waals surface area contributed by atoms with Gasteiger partial charge in [-0.15, -0.1) is 8.78 Å². The van der Waals surface area contributed by atoms with Gasteiger partial charge in [-0.3, -0.25) is 9.59 Å². The van der Waals surface area contributed by atoms with Crippen LogP contribution < -0.4 is 9.47 Å². The molecule has 0 fully saturated rings. The number of halogens is 2. The molecule has 0 amide bonds. The fraction of sp³-hybridized carbons (Fsp3) is 0.200. The zero-order valence-corrected chi connectivity index (χ0v) is 11.7. The summed E-state index contributed by atoms with van der Waals surface area (Å²) in [4.78, 5) is 24.0. The second-order valence-corrected chi connectivity index (χ2v) is 4.81. The van der Waals surface area contributed by atoms with E-state index < -0.39 is 6.29 Å². The summed E-state index contributed by atoms with van der Waals surface area (Å²) in [6.45, 7) is 0. The van der Waals surface area contributed by atoms with E-state index >= 15 is 0 Å². The minimum Gasteiger partial charge on any atom is -0.395 e. The Bertz CT molecular complexity index is 765. The van der Waals surface area contributed by atoms with Crippen molar-refractivity contribution in [2.45, 2.75) is 19.1 Å². The molecule has 118 valence electrons. The Hall–Kier alpha value is -2.90. The van der Waals surface area contributed by atoms with Crippen molar-refractivity contribution in [3.05, 3.63) is 47.8 Å². The first kappa shape index (κ1) is 15.0. The van der Waals surface area contributed by atoms with E-state index in [0.29, 0.717) is 5.56 Å². The van der Waals surface area contributed by atoms with Crippen molar-refractivity contribution < 1.29 is 27.8 Å². The van der Waals surface area contributed by atoms with E-state index in [4.69, 9.17) is 0 Å². The molecule has 3 rings (SSSR count). The third-order valence-corrected chi connectivity index (χ3v) is 3.21. The number of carbonyl (C=O) groups excluding carboxylic acids is 2. The molecule has 6 nitrogen and oxygen atoms in total. The van der Waals surface area contributed by atoms with Crippen LogP contribution in [0.3, 0.4) is 0 Å². The van der Waals surface area contributed by atoms with Crippen molar-refractivity contribution >= 4 is 11.6 Å². The van der Waals surface area contributed by atoms with Crippen molar-refractivity contribution in [2.75, 3.05) is 0 Å². The summed E-state index contributed by atoms with van der Waals surface area (Å²) in [5, 5.41) is 7.15. The molecule has 0 saturated heterocycles. The number of hydrogen-bond donors (Lipinski definition) is 0. The highest BCUT2D eigenvalue weighted by Crippen LogP contribution is 2.41. The molecule has 0 aliphatic carbocycles. The maximum Gasteiger partial charge on any atom is 0.586 e. The lowest BCUT2D eigenvalue weighted by Gasteiger charge is -2.04. The van der Waals surface area contributed by atoms with Crippen LogP contribution in [0.5, 0.6) is 11.5 Å². The molecule has 1 aliphatic heterocycles. The van der Waals surface area contributed by atoms with Crippen molar-refractivity contribution in [2.24, 2.45) is 0 Å². The number of hydrogen-bond acceptors (Lipinski definition) is 6. The van der Waals surface area contributed by atoms with E-state index in [1.807, 2.05) is 0 Å². The first-order chi connectivity index (χ1) is 10.9. The highest BCUT2D eigenvalue weighted by molar-refractivity contribution is 6.02. The minimum atomic E-state index is -3.73. The van der Waals surface area contributed by atoms with Crippen LogP contribution in [0.2, 0.25) is 0 Å². The van der Waals surface area contributed by atoms with Crippen LogP contribution in [-0.2, 0) is 0 Å². The molecule has 8 heteroatoms. The van der Waals surface area contributed by atoms with Crippen LogP contribution in [-0.4, -0.2) is 28.1 Å². The van der Waals surface area contributed by atoms with Gasteiger partial charge >= 0.3 is 6.29 Å². The molecule has 0 radical (unpaired) electrons. The lowest BCUT2D eigenvalue weighted by Crippen LogP contribution is -2.25. The fourth-order valence-corrected chi connectivity index (χ4v) is 2.09. The second kappa shape index (κ2) is 5.71. The lowest BCUT2D eigenvalue weighted by atomic mass is 10.0. The van der Waals surface area contributed by atoms with Crippen molar-refractivity contribution in [3.63, 3.8) is 0 Å². The molecule has 1 aromatic heterocycles. The zero-order chi connectivity index (χ0) is 16.4. The third-order valence-electron chi connectivity index (χ3n) is 3.21. The standard InChI is InChI=1S/C15H10F2N2O4/c16-15(17)22-13-4-1-9(7-14(13)23-15)11(20)2-3-12(21)10-5-6-18-19-8-10/h1,4-8H,2-3H2. The van der Waals surface area contributed by atoms with Gasteiger partial charge in [0.25, 0.3) is 0 Å². The molecule has 0 atom stereocenters. The van der Waals surface area contributed by atoms with Crippen LogP contribution in [0.15, 0.2) is 36.7 Å². The van der Waals surface area contributed by atoms with E-state index in [1.165, 1.54) is 36.7 Å². The maximum atomic E-state index is 12.9. The molecule has 0 spiro atoms. The molecule has 1 aromatic carbocycles. The van der Waals surface area contributed by atoms with E-state index in [1.54, 1.807) is 0 Å². The number of aromatic nitrogens is 2. The molecule has 0 unspecified atom stereocenters. The summed E-state index contributed by atoms with van der Waals surface area (Å²) in [7, 11) is 0. The Kier molecular flexibility index (Phi) is 3.73. The number of Topliss-reactive ketones (excluding diaryl/α,β-unsaturated/α-hetero) is 2. The third kappa shape index (κ3) is 3.31. The van der Waals surface area contributed by atoms with Crippen LogP contribution in [0.25, 0.3) is 0 Å². The summed E-state index contributed by atoms with van der Waals surface area (Å²) in [6.07, 6.45) is -1.11. The van der Waals surface area contributed by atoms with Crippen molar-refractivity contribution in [3.8, 4) is 11.5 Å². The van der Waals surface area contributed by atoms with Gasteiger partial charge in [-0.05, 0) is 24.3 Å². The normalized spacial score (nSPS) is 14.5. The number of alkyl halides is 2. The van der Waals surface area contributed by atoms with Crippen LogP contribution in [0, 0.1) is 0 Å². The zero-order valence-electron chi connectivity index (χ0n) is 11.7. The smallest absolute Gasteiger partial charge is 0.395 e. The number of rotatable bonds is 5. The molecule has 2 aromatic rings. The van der Waals surface area contributed by atoms with Crippen LogP contribution >= 0.6 is 0 Å². The Labute approximate surface area is 129 Å². The van der Waals surface area contributed by atoms with Gasteiger partial charge in [-0.2, -0.15) is 10.2 Å². The molecule has 2 heterocycles. The second-order valence-electron chi connectivity index (χ2n) is 4.81. The van der Waals surface area contributed by atoms with Crippen molar-refractivity contribution in [1.82, 2.24) is 10.2 Å². The van der Waals surface area contributed by atoms with Crippen molar-refractivity contribution in [1.29, 1.82) is 0 Å².